The smallest absolute Gasteiger partial charge is 0.224 e. The summed E-state index contributed by atoms with van der Waals surface area (Å²) in [4.78, 5) is 8.70. The molecule has 1 unspecified atom stereocenters. The van der Waals surface area contributed by atoms with E-state index < -0.39 is 0 Å². The van der Waals surface area contributed by atoms with E-state index >= 15 is 0 Å². The van der Waals surface area contributed by atoms with Gasteiger partial charge in [0.15, 0.2) is 0 Å². The minimum Gasteiger partial charge on any atom is -0.366 e. The quantitative estimate of drug-likeness (QED) is 0.783. The fourth-order valence-electron chi connectivity index (χ4n) is 1.40. The third-order valence-corrected chi connectivity index (χ3v) is 3.41. The topological polar surface area (TPSA) is 49.8 Å². The minimum atomic E-state index is 0.419. The van der Waals surface area contributed by atoms with Gasteiger partial charge in [-0.15, -0.1) is 0 Å². The lowest BCUT2D eigenvalue weighted by atomic mass is 10.3. The first-order valence-electron chi connectivity index (χ1n) is 6.09. The molecule has 0 aromatic carbocycles. The van der Waals surface area contributed by atoms with Crippen molar-refractivity contribution in [2.75, 3.05) is 28.7 Å². The van der Waals surface area contributed by atoms with Crippen molar-refractivity contribution < 1.29 is 0 Å². The molecule has 2 N–H and O–H groups in total. The lowest BCUT2D eigenvalue weighted by Gasteiger charge is -2.16. The zero-order valence-electron chi connectivity index (χ0n) is 11.1. The second-order valence-corrected chi connectivity index (χ2v) is 5.28. The average Bonchev–Trinajstić information content (AvgIpc) is 2.31. The van der Waals surface area contributed by atoms with Gasteiger partial charge in [0.1, 0.15) is 5.82 Å². The van der Waals surface area contributed by atoms with Gasteiger partial charge in [-0.2, -0.15) is 16.7 Å². The minimum absolute atomic E-state index is 0.419. The third kappa shape index (κ3) is 4.81. The molecule has 17 heavy (non-hydrogen) atoms. The summed E-state index contributed by atoms with van der Waals surface area (Å²) < 4.78 is 0. The van der Waals surface area contributed by atoms with E-state index in [9.17, 15) is 0 Å². The van der Waals surface area contributed by atoms with Crippen molar-refractivity contribution in [1.29, 1.82) is 0 Å². The van der Waals surface area contributed by atoms with Gasteiger partial charge in [0.25, 0.3) is 0 Å². The Bertz CT molecular complexity index is 343. The lowest BCUT2D eigenvalue weighted by Crippen LogP contribution is -2.20. The molecule has 0 aliphatic heterocycles. The summed E-state index contributed by atoms with van der Waals surface area (Å²) in [7, 11) is 0. The SMILES string of the molecule is CCNc1ncc(C)c(NC(C)CSCC)n1. The third-order valence-electron chi connectivity index (χ3n) is 2.26. The van der Waals surface area contributed by atoms with Crippen molar-refractivity contribution in [1.82, 2.24) is 9.97 Å². The summed E-state index contributed by atoms with van der Waals surface area (Å²) >= 11 is 1.93. The molecule has 1 atom stereocenters. The van der Waals surface area contributed by atoms with Crippen LogP contribution in [0.15, 0.2) is 6.20 Å². The van der Waals surface area contributed by atoms with E-state index in [0.29, 0.717) is 12.0 Å². The number of anilines is 2. The maximum Gasteiger partial charge on any atom is 0.224 e. The van der Waals surface area contributed by atoms with Crippen LogP contribution in [0, 0.1) is 6.92 Å². The van der Waals surface area contributed by atoms with Crippen LogP contribution in [0.5, 0.6) is 0 Å². The molecule has 0 spiro atoms. The van der Waals surface area contributed by atoms with Gasteiger partial charge in [0, 0.05) is 30.1 Å². The highest BCUT2D eigenvalue weighted by Crippen LogP contribution is 2.15. The van der Waals surface area contributed by atoms with Crippen molar-refractivity contribution >= 4 is 23.5 Å². The van der Waals surface area contributed by atoms with Crippen LogP contribution in [0.2, 0.25) is 0 Å². The van der Waals surface area contributed by atoms with E-state index in [1.54, 1.807) is 0 Å². The molecule has 0 aliphatic carbocycles. The highest BCUT2D eigenvalue weighted by atomic mass is 32.2. The molecule has 0 radical (unpaired) electrons. The second-order valence-electron chi connectivity index (χ2n) is 3.96. The Labute approximate surface area is 108 Å². The van der Waals surface area contributed by atoms with Crippen molar-refractivity contribution in [2.24, 2.45) is 0 Å². The Balaban J connectivity index is 2.64. The van der Waals surface area contributed by atoms with Crippen LogP contribution >= 0.6 is 11.8 Å². The Morgan fingerprint density at radius 1 is 1.41 bits per heavy atom. The molecule has 1 rings (SSSR count). The molecule has 0 fully saturated rings. The highest BCUT2D eigenvalue weighted by molar-refractivity contribution is 7.99. The number of hydrogen-bond donors (Lipinski definition) is 2. The molecule has 0 saturated carbocycles. The van der Waals surface area contributed by atoms with Gasteiger partial charge < -0.3 is 10.6 Å². The monoisotopic (exact) mass is 254 g/mol. The zero-order chi connectivity index (χ0) is 12.7. The van der Waals surface area contributed by atoms with Crippen molar-refractivity contribution in [3.63, 3.8) is 0 Å². The molecule has 1 aromatic heterocycles. The normalized spacial score (nSPS) is 12.2. The molecule has 4 nitrogen and oxygen atoms in total. The van der Waals surface area contributed by atoms with Gasteiger partial charge in [0.05, 0.1) is 0 Å². The Morgan fingerprint density at radius 3 is 2.82 bits per heavy atom. The molecular weight excluding hydrogens is 232 g/mol. The van der Waals surface area contributed by atoms with Gasteiger partial charge in [-0.25, -0.2) is 4.98 Å². The molecule has 0 bridgehead atoms. The molecule has 1 aromatic rings. The molecular formula is C12H22N4S. The predicted molar refractivity (Wildman–Crippen MR) is 77.0 cm³/mol. The maximum atomic E-state index is 4.47. The van der Waals surface area contributed by atoms with Crippen LogP contribution in [-0.4, -0.2) is 34.1 Å². The predicted octanol–water partition coefficient (Wildman–Crippen LogP) is 2.77. The standard InChI is InChI=1S/C12H22N4S/c1-5-13-12-14-7-9(3)11(16-12)15-10(4)8-17-6-2/h7,10H,5-6,8H2,1-4H3,(H2,13,14,15,16). The number of hydrogen-bond acceptors (Lipinski definition) is 5. The van der Waals surface area contributed by atoms with E-state index in [-0.39, 0.29) is 0 Å². The first-order valence-corrected chi connectivity index (χ1v) is 7.24. The number of aryl methyl sites for hydroxylation is 1. The van der Waals surface area contributed by atoms with E-state index in [4.69, 9.17) is 0 Å². The Hall–Kier alpha value is -0.970. The van der Waals surface area contributed by atoms with E-state index in [1.165, 1.54) is 0 Å². The van der Waals surface area contributed by atoms with E-state index in [0.717, 1.165) is 29.4 Å². The fraction of sp³-hybridized carbons (Fsp3) is 0.667. The van der Waals surface area contributed by atoms with Gasteiger partial charge in [-0.1, -0.05) is 6.92 Å². The molecule has 1 heterocycles. The number of thioether (sulfide) groups is 1. The van der Waals surface area contributed by atoms with E-state index in [2.05, 4.69) is 34.4 Å². The lowest BCUT2D eigenvalue weighted by molar-refractivity contribution is 0.893. The Kier molecular flexibility index (Phi) is 6.11. The summed E-state index contributed by atoms with van der Waals surface area (Å²) in [5, 5.41) is 6.56. The summed E-state index contributed by atoms with van der Waals surface area (Å²) in [6.07, 6.45) is 1.85. The maximum absolute atomic E-state index is 4.47. The van der Waals surface area contributed by atoms with Crippen LogP contribution in [0.4, 0.5) is 11.8 Å². The molecule has 5 heteroatoms. The molecule has 0 amide bonds. The Morgan fingerprint density at radius 2 is 2.18 bits per heavy atom. The first-order chi connectivity index (χ1) is 8.17. The molecule has 0 saturated heterocycles. The largest absolute Gasteiger partial charge is 0.366 e. The van der Waals surface area contributed by atoms with Gasteiger partial charge in [-0.3, -0.25) is 0 Å². The highest BCUT2D eigenvalue weighted by Gasteiger charge is 2.07. The number of nitrogens with one attached hydrogen (secondary N) is 2. The number of rotatable bonds is 7. The van der Waals surface area contributed by atoms with Crippen LogP contribution in [-0.2, 0) is 0 Å². The van der Waals surface area contributed by atoms with Gasteiger partial charge in [0.2, 0.25) is 5.95 Å². The van der Waals surface area contributed by atoms with E-state index in [1.807, 2.05) is 31.8 Å². The average molecular weight is 254 g/mol. The zero-order valence-corrected chi connectivity index (χ0v) is 11.9. The summed E-state index contributed by atoms with van der Waals surface area (Å²) in [6, 6.07) is 0.419. The molecule has 96 valence electrons. The summed E-state index contributed by atoms with van der Waals surface area (Å²) in [5.74, 6) is 3.87. The van der Waals surface area contributed by atoms with Crippen molar-refractivity contribution in [3.8, 4) is 0 Å². The molecule has 0 aliphatic rings. The van der Waals surface area contributed by atoms with Crippen molar-refractivity contribution in [3.05, 3.63) is 11.8 Å². The number of nitrogens with zero attached hydrogens (tertiary/aromatic N) is 2. The first kappa shape index (κ1) is 14.1. The second kappa shape index (κ2) is 7.37. The van der Waals surface area contributed by atoms with Crippen molar-refractivity contribution in [2.45, 2.75) is 33.7 Å². The summed E-state index contributed by atoms with van der Waals surface area (Å²) in [5.41, 5.74) is 1.08. The fourth-order valence-corrected chi connectivity index (χ4v) is 2.07. The van der Waals surface area contributed by atoms with Crippen LogP contribution in [0.1, 0.15) is 26.3 Å². The summed E-state index contributed by atoms with van der Waals surface area (Å²) in [6.45, 7) is 9.26. The number of aromatic nitrogens is 2. The van der Waals surface area contributed by atoms with Gasteiger partial charge in [-0.05, 0) is 26.5 Å². The van der Waals surface area contributed by atoms with Gasteiger partial charge >= 0.3 is 0 Å². The van der Waals surface area contributed by atoms with Crippen LogP contribution in [0.3, 0.4) is 0 Å². The van der Waals surface area contributed by atoms with Crippen LogP contribution < -0.4 is 10.6 Å². The van der Waals surface area contributed by atoms with Crippen LogP contribution in [0.25, 0.3) is 0 Å².